The molecule has 0 spiro atoms. The highest BCUT2D eigenvalue weighted by Crippen LogP contribution is 2.24. The fourth-order valence-corrected chi connectivity index (χ4v) is 1.77. The lowest BCUT2D eigenvalue weighted by molar-refractivity contribution is 0.0946. The normalized spacial score (nSPS) is 10.1. The van der Waals surface area contributed by atoms with Gasteiger partial charge in [-0.1, -0.05) is 0 Å². The number of carbonyl (C=O) groups excluding carboxylic acids is 1. The molecule has 0 radical (unpaired) electrons. The van der Waals surface area contributed by atoms with E-state index in [0.29, 0.717) is 28.9 Å². The number of nitrogens with one attached hydrogen (secondary N) is 1. The summed E-state index contributed by atoms with van der Waals surface area (Å²) in [6.07, 6.45) is 3.27. The maximum Gasteiger partial charge on any atom is 0.251 e. The van der Waals surface area contributed by atoms with Crippen molar-refractivity contribution < 1.29 is 14.6 Å². The fraction of sp³-hybridized carbons (Fsp3) is 0.143. The molecule has 1 aromatic heterocycles. The molecule has 5 nitrogen and oxygen atoms in total. The number of phenols is 1. The molecule has 2 N–H and O–H groups in total. The molecule has 0 saturated carbocycles. The standard InChI is InChI=1S/C14H13BrN2O3/c15-12-4-3-10(8-13(12)18)14(19)17-6-7-20-11-2-1-5-16-9-11/h1-5,8-9,18H,6-7H2,(H,17,19). The van der Waals surface area contributed by atoms with Gasteiger partial charge in [0.05, 0.1) is 17.2 Å². The van der Waals surface area contributed by atoms with Crippen LogP contribution >= 0.6 is 15.9 Å². The van der Waals surface area contributed by atoms with E-state index in [2.05, 4.69) is 26.2 Å². The third kappa shape index (κ3) is 3.96. The maximum atomic E-state index is 11.8. The second-order valence-corrected chi connectivity index (χ2v) is 4.81. The van der Waals surface area contributed by atoms with Crippen LogP contribution in [0.4, 0.5) is 0 Å². The van der Waals surface area contributed by atoms with E-state index in [9.17, 15) is 9.90 Å². The Balaban J connectivity index is 1.79. The molecule has 1 amide bonds. The number of benzene rings is 1. The quantitative estimate of drug-likeness (QED) is 0.822. The van der Waals surface area contributed by atoms with E-state index >= 15 is 0 Å². The van der Waals surface area contributed by atoms with Crippen molar-refractivity contribution in [2.75, 3.05) is 13.2 Å². The molecule has 0 atom stereocenters. The molecule has 6 heteroatoms. The largest absolute Gasteiger partial charge is 0.507 e. The highest BCUT2D eigenvalue weighted by molar-refractivity contribution is 9.10. The second-order valence-electron chi connectivity index (χ2n) is 3.96. The molecule has 0 fully saturated rings. The Bertz CT molecular complexity index is 590. The molecule has 0 saturated heterocycles. The van der Waals surface area contributed by atoms with Crippen molar-refractivity contribution in [3.05, 3.63) is 52.8 Å². The van der Waals surface area contributed by atoms with Gasteiger partial charge in [-0.15, -0.1) is 0 Å². The first-order valence-electron chi connectivity index (χ1n) is 5.96. The van der Waals surface area contributed by atoms with Gasteiger partial charge in [0.1, 0.15) is 18.1 Å². The van der Waals surface area contributed by atoms with Crippen LogP contribution in [0, 0.1) is 0 Å². The van der Waals surface area contributed by atoms with Crippen LogP contribution in [0.1, 0.15) is 10.4 Å². The number of aromatic hydroxyl groups is 1. The third-order valence-corrected chi connectivity index (χ3v) is 3.17. The highest BCUT2D eigenvalue weighted by Gasteiger charge is 2.07. The molecule has 0 bridgehead atoms. The van der Waals surface area contributed by atoms with E-state index in [1.54, 1.807) is 36.7 Å². The summed E-state index contributed by atoms with van der Waals surface area (Å²) in [6.45, 7) is 0.713. The lowest BCUT2D eigenvalue weighted by Crippen LogP contribution is -2.28. The maximum absolute atomic E-state index is 11.8. The zero-order valence-corrected chi connectivity index (χ0v) is 12.1. The van der Waals surface area contributed by atoms with Crippen LogP contribution in [0.25, 0.3) is 0 Å². The van der Waals surface area contributed by atoms with Crippen LogP contribution in [0.3, 0.4) is 0 Å². The topological polar surface area (TPSA) is 71.5 Å². The molecule has 1 heterocycles. The van der Waals surface area contributed by atoms with Crippen LogP contribution in [0.15, 0.2) is 47.2 Å². The number of hydrogen-bond donors (Lipinski definition) is 2. The van der Waals surface area contributed by atoms with Crippen molar-refractivity contribution in [2.24, 2.45) is 0 Å². The number of halogens is 1. The van der Waals surface area contributed by atoms with Gasteiger partial charge in [-0.25, -0.2) is 0 Å². The minimum atomic E-state index is -0.261. The number of hydrogen-bond acceptors (Lipinski definition) is 4. The van der Waals surface area contributed by atoms with Gasteiger partial charge in [-0.2, -0.15) is 0 Å². The van der Waals surface area contributed by atoms with Gasteiger partial charge in [-0.3, -0.25) is 9.78 Å². The average Bonchev–Trinajstić information content (AvgIpc) is 2.47. The summed E-state index contributed by atoms with van der Waals surface area (Å²) in [7, 11) is 0. The second kappa shape index (κ2) is 6.91. The van der Waals surface area contributed by atoms with Crippen molar-refractivity contribution in [1.29, 1.82) is 0 Å². The zero-order valence-electron chi connectivity index (χ0n) is 10.5. The molecular formula is C14H13BrN2O3. The van der Waals surface area contributed by atoms with Gasteiger partial charge in [-0.05, 0) is 46.3 Å². The lowest BCUT2D eigenvalue weighted by Gasteiger charge is -2.08. The first-order chi connectivity index (χ1) is 9.66. The Morgan fingerprint density at radius 1 is 1.40 bits per heavy atom. The smallest absolute Gasteiger partial charge is 0.251 e. The first-order valence-corrected chi connectivity index (χ1v) is 6.75. The van der Waals surface area contributed by atoms with Crippen LogP contribution in [-0.2, 0) is 0 Å². The summed E-state index contributed by atoms with van der Waals surface area (Å²) < 4.78 is 5.95. The van der Waals surface area contributed by atoms with Gasteiger partial charge in [0, 0.05) is 11.8 Å². The molecule has 0 aliphatic rings. The summed E-state index contributed by atoms with van der Waals surface area (Å²) >= 11 is 3.16. The number of rotatable bonds is 5. The minimum Gasteiger partial charge on any atom is -0.507 e. The number of nitrogens with zero attached hydrogens (tertiary/aromatic N) is 1. The van der Waals surface area contributed by atoms with Crippen molar-refractivity contribution in [3.63, 3.8) is 0 Å². The monoisotopic (exact) mass is 336 g/mol. The van der Waals surface area contributed by atoms with E-state index in [4.69, 9.17) is 4.74 Å². The summed E-state index contributed by atoms with van der Waals surface area (Å²) in [5, 5.41) is 12.2. The number of ether oxygens (including phenoxy) is 1. The lowest BCUT2D eigenvalue weighted by atomic mass is 10.2. The van der Waals surface area contributed by atoms with Gasteiger partial charge < -0.3 is 15.2 Å². The van der Waals surface area contributed by atoms with Crippen LogP contribution in [0.2, 0.25) is 0 Å². The Hall–Kier alpha value is -2.08. The van der Waals surface area contributed by atoms with Gasteiger partial charge >= 0.3 is 0 Å². The van der Waals surface area contributed by atoms with Crippen molar-refractivity contribution >= 4 is 21.8 Å². The molecule has 104 valence electrons. The van der Waals surface area contributed by atoms with E-state index in [1.807, 2.05) is 0 Å². The summed E-state index contributed by atoms with van der Waals surface area (Å²) in [5.41, 5.74) is 0.395. The van der Waals surface area contributed by atoms with Crippen LogP contribution in [-0.4, -0.2) is 29.1 Å². The van der Waals surface area contributed by atoms with E-state index in [-0.39, 0.29) is 11.7 Å². The zero-order chi connectivity index (χ0) is 14.4. The Morgan fingerprint density at radius 2 is 2.25 bits per heavy atom. The summed E-state index contributed by atoms with van der Waals surface area (Å²) in [6, 6.07) is 8.22. The Kier molecular flexibility index (Phi) is 4.95. The highest BCUT2D eigenvalue weighted by atomic mass is 79.9. The molecule has 0 aliphatic heterocycles. The predicted molar refractivity (Wildman–Crippen MR) is 77.9 cm³/mol. The van der Waals surface area contributed by atoms with Crippen molar-refractivity contribution in [1.82, 2.24) is 10.3 Å². The van der Waals surface area contributed by atoms with Crippen LogP contribution < -0.4 is 10.1 Å². The van der Waals surface area contributed by atoms with Crippen LogP contribution in [0.5, 0.6) is 11.5 Å². The van der Waals surface area contributed by atoms with E-state index in [0.717, 1.165) is 0 Å². The number of carbonyl (C=O) groups is 1. The molecule has 0 aliphatic carbocycles. The molecule has 2 aromatic rings. The number of aromatic nitrogens is 1. The van der Waals surface area contributed by atoms with Gasteiger partial charge in [0.2, 0.25) is 0 Å². The number of phenolic OH excluding ortho intramolecular Hbond substituents is 1. The van der Waals surface area contributed by atoms with Gasteiger partial charge in [0.25, 0.3) is 5.91 Å². The third-order valence-electron chi connectivity index (χ3n) is 2.50. The Morgan fingerprint density at radius 3 is 2.95 bits per heavy atom. The summed E-state index contributed by atoms with van der Waals surface area (Å²) in [4.78, 5) is 15.7. The predicted octanol–water partition coefficient (Wildman–Crippen LogP) is 2.36. The average molecular weight is 337 g/mol. The molecule has 1 aromatic carbocycles. The SMILES string of the molecule is O=C(NCCOc1cccnc1)c1ccc(Br)c(O)c1. The summed E-state index contributed by atoms with van der Waals surface area (Å²) in [5.74, 6) is 0.426. The Labute approximate surface area is 124 Å². The fourth-order valence-electron chi connectivity index (χ4n) is 1.52. The minimum absolute atomic E-state index is 0.0317. The van der Waals surface area contributed by atoms with Crippen molar-refractivity contribution in [3.8, 4) is 11.5 Å². The van der Waals surface area contributed by atoms with E-state index in [1.165, 1.54) is 6.07 Å². The molecule has 20 heavy (non-hydrogen) atoms. The molecule has 2 rings (SSSR count). The van der Waals surface area contributed by atoms with E-state index < -0.39 is 0 Å². The van der Waals surface area contributed by atoms with Gasteiger partial charge in [0.15, 0.2) is 0 Å². The molecular weight excluding hydrogens is 324 g/mol. The first kappa shape index (κ1) is 14.3. The molecule has 0 unspecified atom stereocenters. The number of pyridine rings is 1. The van der Waals surface area contributed by atoms with Crippen molar-refractivity contribution in [2.45, 2.75) is 0 Å². The number of amides is 1.